The fourth-order valence-corrected chi connectivity index (χ4v) is 3.58. The van der Waals surface area contributed by atoms with Crippen LogP contribution >= 0.6 is 11.3 Å². The lowest BCUT2D eigenvalue weighted by atomic mass is 10.1. The Balaban J connectivity index is 1.61. The molecule has 0 spiro atoms. The van der Waals surface area contributed by atoms with Crippen molar-refractivity contribution < 1.29 is 0 Å². The van der Waals surface area contributed by atoms with Crippen molar-refractivity contribution in [3.05, 3.63) is 21.9 Å². The third kappa shape index (κ3) is 2.10. The van der Waals surface area contributed by atoms with Gasteiger partial charge in [-0.2, -0.15) is 0 Å². The third-order valence-corrected chi connectivity index (χ3v) is 4.55. The molecule has 3 heteroatoms. The summed E-state index contributed by atoms with van der Waals surface area (Å²) >= 11 is 1.93. The topological polar surface area (TPSA) is 15.3 Å². The van der Waals surface area contributed by atoms with Crippen molar-refractivity contribution in [3.63, 3.8) is 0 Å². The molecule has 1 unspecified atom stereocenters. The molecule has 1 aromatic heterocycles. The Bertz CT molecular complexity index is 328. The Morgan fingerprint density at radius 3 is 3.40 bits per heavy atom. The van der Waals surface area contributed by atoms with Crippen LogP contribution in [0, 0.1) is 0 Å². The first-order chi connectivity index (χ1) is 7.42. The van der Waals surface area contributed by atoms with E-state index in [1.165, 1.54) is 45.4 Å². The van der Waals surface area contributed by atoms with Crippen molar-refractivity contribution >= 4 is 11.3 Å². The van der Waals surface area contributed by atoms with E-state index in [2.05, 4.69) is 21.7 Å². The van der Waals surface area contributed by atoms with Crippen LogP contribution in [0.15, 0.2) is 11.4 Å². The SMILES string of the molecule is c1cc2c(s1)CCN(CC1CCCN1)C2. The maximum Gasteiger partial charge on any atom is 0.0245 e. The molecule has 15 heavy (non-hydrogen) atoms. The standard InChI is InChI=1S/C12H18N2S/c1-2-11(13-5-1)9-14-6-3-12-10(8-14)4-7-15-12/h4,7,11,13H,1-3,5-6,8-9H2. The van der Waals surface area contributed by atoms with E-state index in [1.807, 2.05) is 11.3 Å². The predicted molar refractivity (Wildman–Crippen MR) is 64.3 cm³/mol. The first-order valence-electron chi connectivity index (χ1n) is 5.93. The Hall–Kier alpha value is -0.380. The molecule has 3 heterocycles. The highest BCUT2D eigenvalue weighted by Crippen LogP contribution is 2.24. The van der Waals surface area contributed by atoms with Crippen LogP contribution in [0.25, 0.3) is 0 Å². The zero-order chi connectivity index (χ0) is 10.1. The molecule has 0 aromatic carbocycles. The van der Waals surface area contributed by atoms with Crippen molar-refractivity contribution in [2.24, 2.45) is 0 Å². The van der Waals surface area contributed by atoms with Crippen LogP contribution in [0.1, 0.15) is 23.3 Å². The lowest BCUT2D eigenvalue weighted by molar-refractivity contribution is 0.233. The zero-order valence-corrected chi connectivity index (χ0v) is 9.85. The van der Waals surface area contributed by atoms with Gasteiger partial charge in [-0.05, 0) is 42.8 Å². The summed E-state index contributed by atoms with van der Waals surface area (Å²) in [7, 11) is 0. The number of fused-ring (bicyclic) bond motifs is 1. The van der Waals surface area contributed by atoms with E-state index in [1.54, 1.807) is 10.4 Å². The fourth-order valence-electron chi connectivity index (χ4n) is 2.69. The highest BCUT2D eigenvalue weighted by atomic mass is 32.1. The molecule has 0 saturated carbocycles. The van der Waals surface area contributed by atoms with Gasteiger partial charge in [-0.3, -0.25) is 4.90 Å². The van der Waals surface area contributed by atoms with E-state index in [4.69, 9.17) is 0 Å². The summed E-state index contributed by atoms with van der Waals surface area (Å²) < 4.78 is 0. The monoisotopic (exact) mass is 222 g/mol. The molecule has 2 aliphatic heterocycles. The van der Waals surface area contributed by atoms with Gasteiger partial charge in [-0.15, -0.1) is 11.3 Å². The zero-order valence-electron chi connectivity index (χ0n) is 9.04. The molecule has 1 aromatic rings. The molecule has 0 radical (unpaired) electrons. The number of nitrogens with zero attached hydrogens (tertiary/aromatic N) is 1. The minimum atomic E-state index is 0.755. The molecular formula is C12H18N2S. The summed E-state index contributed by atoms with van der Waals surface area (Å²) in [6, 6.07) is 3.05. The van der Waals surface area contributed by atoms with Gasteiger partial charge in [0.2, 0.25) is 0 Å². The maximum atomic E-state index is 3.58. The maximum absolute atomic E-state index is 3.58. The van der Waals surface area contributed by atoms with Crippen LogP contribution in [0.4, 0.5) is 0 Å². The fraction of sp³-hybridized carbons (Fsp3) is 0.667. The highest BCUT2D eigenvalue weighted by Gasteiger charge is 2.21. The molecule has 0 aliphatic carbocycles. The van der Waals surface area contributed by atoms with Crippen molar-refractivity contribution in [2.75, 3.05) is 19.6 Å². The van der Waals surface area contributed by atoms with Gasteiger partial charge >= 0.3 is 0 Å². The number of thiophene rings is 1. The summed E-state index contributed by atoms with van der Waals surface area (Å²) in [5.74, 6) is 0. The van der Waals surface area contributed by atoms with Gasteiger partial charge in [0.05, 0.1) is 0 Å². The molecule has 1 N–H and O–H groups in total. The third-order valence-electron chi connectivity index (χ3n) is 3.53. The Kier molecular flexibility index (Phi) is 2.77. The molecule has 82 valence electrons. The molecule has 2 nitrogen and oxygen atoms in total. The number of hydrogen-bond donors (Lipinski definition) is 1. The van der Waals surface area contributed by atoms with Gasteiger partial charge in [0, 0.05) is 30.6 Å². The van der Waals surface area contributed by atoms with Crippen LogP contribution in [-0.2, 0) is 13.0 Å². The van der Waals surface area contributed by atoms with E-state index in [0.717, 1.165) is 6.04 Å². The van der Waals surface area contributed by atoms with Gasteiger partial charge < -0.3 is 5.32 Å². The second kappa shape index (κ2) is 4.24. The van der Waals surface area contributed by atoms with E-state index in [-0.39, 0.29) is 0 Å². The molecule has 0 bridgehead atoms. The smallest absolute Gasteiger partial charge is 0.0245 e. The Labute approximate surface area is 95.3 Å². The van der Waals surface area contributed by atoms with Gasteiger partial charge in [0.25, 0.3) is 0 Å². The van der Waals surface area contributed by atoms with Crippen LogP contribution in [0.2, 0.25) is 0 Å². The van der Waals surface area contributed by atoms with Gasteiger partial charge in [0.15, 0.2) is 0 Å². The van der Waals surface area contributed by atoms with Crippen LogP contribution in [0.3, 0.4) is 0 Å². The average molecular weight is 222 g/mol. The second-order valence-corrected chi connectivity index (χ2v) is 5.65. The molecule has 1 saturated heterocycles. The number of nitrogens with one attached hydrogen (secondary N) is 1. The van der Waals surface area contributed by atoms with Crippen LogP contribution in [-0.4, -0.2) is 30.6 Å². The van der Waals surface area contributed by atoms with Crippen molar-refractivity contribution in [1.82, 2.24) is 10.2 Å². The number of rotatable bonds is 2. The largest absolute Gasteiger partial charge is 0.313 e. The molecule has 1 atom stereocenters. The van der Waals surface area contributed by atoms with E-state index in [0.29, 0.717) is 0 Å². The first-order valence-corrected chi connectivity index (χ1v) is 6.81. The Morgan fingerprint density at radius 2 is 2.53 bits per heavy atom. The van der Waals surface area contributed by atoms with Crippen LogP contribution < -0.4 is 5.32 Å². The van der Waals surface area contributed by atoms with Crippen molar-refractivity contribution in [2.45, 2.75) is 31.8 Å². The molecular weight excluding hydrogens is 204 g/mol. The van der Waals surface area contributed by atoms with Gasteiger partial charge in [0.1, 0.15) is 0 Å². The van der Waals surface area contributed by atoms with Gasteiger partial charge in [-0.25, -0.2) is 0 Å². The molecule has 0 amide bonds. The average Bonchev–Trinajstić information content (AvgIpc) is 2.87. The highest BCUT2D eigenvalue weighted by molar-refractivity contribution is 7.10. The predicted octanol–water partition coefficient (Wildman–Crippen LogP) is 1.86. The normalized spacial score (nSPS) is 26.8. The second-order valence-electron chi connectivity index (χ2n) is 4.65. The first kappa shape index (κ1) is 9.82. The van der Waals surface area contributed by atoms with E-state index in [9.17, 15) is 0 Å². The molecule has 1 fully saturated rings. The molecule has 2 aliphatic rings. The summed E-state index contributed by atoms with van der Waals surface area (Å²) in [6.45, 7) is 4.90. The van der Waals surface area contributed by atoms with E-state index >= 15 is 0 Å². The van der Waals surface area contributed by atoms with Crippen LogP contribution in [0.5, 0.6) is 0 Å². The van der Waals surface area contributed by atoms with E-state index < -0.39 is 0 Å². The van der Waals surface area contributed by atoms with Crippen molar-refractivity contribution in [1.29, 1.82) is 0 Å². The van der Waals surface area contributed by atoms with Gasteiger partial charge in [-0.1, -0.05) is 0 Å². The minimum Gasteiger partial charge on any atom is -0.313 e. The summed E-state index contributed by atoms with van der Waals surface area (Å²) in [6.07, 6.45) is 3.99. The van der Waals surface area contributed by atoms with Crippen molar-refractivity contribution in [3.8, 4) is 0 Å². The Morgan fingerprint density at radius 1 is 1.53 bits per heavy atom. The number of hydrogen-bond acceptors (Lipinski definition) is 3. The molecule has 3 rings (SSSR count). The lowest BCUT2D eigenvalue weighted by Crippen LogP contribution is -2.39. The quantitative estimate of drug-likeness (QED) is 0.821. The lowest BCUT2D eigenvalue weighted by Gasteiger charge is -2.29. The minimum absolute atomic E-state index is 0.755. The summed E-state index contributed by atoms with van der Waals surface area (Å²) in [5.41, 5.74) is 1.57. The summed E-state index contributed by atoms with van der Waals surface area (Å²) in [5, 5.41) is 5.82. The summed E-state index contributed by atoms with van der Waals surface area (Å²) in [4.78, 5) is 4.23.